The maximum atomic E-state index is 11.3. The fourth-order valence-corrected chi connectivity index (χ4v) is 0.900. The van der Waals surface area contributed by atoms with Gasteiger partial charge in [-0.25, -0.2) is 0 Å². The number of hydroxylamine groups is 1. The van der Waals surface area contributed by atoms with Gasteiger partial charge in [-0.15, -0.1) is 0 Å². The van der Waals surface area contributed by atoms with Crippen LogP contribution in [0.5, 0.6) is 0 Å². The fraction of sp³-hybridized carbons (Fsp3) is 0.111. The van der Waals surface area contributed by atoms with E-state index in [9.17, 15) is 4.79 Å². The number of carbonyl (C=O) groups excluding carboxylic acids is 1. The molecular weight excluding hydrogens is 182 g/mol. The molecule has 0 saturated heterocycles. The predicted octanol–water partition coefficient (Wildman–Crippen LogP) is 0.372. The standard InChI is InChI=1S/C9H11N3O2/c10-8(12-14)6-11-9(13)7-4-2-1-3-5-7/h1-5,14H,6H2,(H2,10,12)(H,11,13). The minimum atomic E-state index is -0.273. The van der Waals surface area contributed by atoms with Crippen molar-refractivity contribution < 1.29 is 10.0 Å². The summed E-state index contributed by atoms with van der Waals surface area (Å²) in [6, 6.07) is 8.67. The summed E-state index contributed by atoms with van der Waals surface area (Å²) in [6.07, 6.45) is 0. The van der Waals surface area contributed by atoms with Crippen molar-refractivity contribution in [1.82, 2.24) is 10.8 Å². The summed E-state index contributed by atoms with van der Waals surface area (Å²) < 4.78 is 0. The number of nitrogens with one attached hydrogen (secondary N) is 3. The predicted molar refractivity (Wildman–Crippen MR) is 51.4 cm³/mol. The van der Waals surface area contributed by atoms with Crippen LogP contribution in [-0.2, 0) is 0 Å². The molecule has 5 heteroatoms. The largest absolute Gasteiger partial charge is 0.345 e. The number of amidine groups is 1. The van der Waals surface area contributed by atoms with Crippen molar-refractivity contribution in [2.45, 2.75) is 0 Å². The summed E-state index contributed by atoms with van der Waals surface area (Å²) in [5.41, 5.74) is 2.17. The van der Waals surface area contributed by atoms with Crippen LogP contribution in [0.15, 0.2) is 30.3 Å². The van der Waals surface area contributed by atoms with Gasteiger partial charge in [0, 0.05) is 5.56 Å². The van der Waals surface area contributed by atoms with Crippen LogP contribution in [0.3, 0.4) is 0 Å². The fourth-order valence-electron chi connectivity index (χ4n) is 0.900. The highest BCUT2D eigenvalue weighted by atomic mass is 16.5. The van der Waals surface area contributed by atoms with Crippen molar-refractivity contribution in [2.24, 2.45) is 0 Å². The molecule has 5 nitrogen and oxygen atoms in total. The molecule has 14 heavy (non-hydrogen) atoms. The molecule has 0 aliphatic rings. The Hall–Kier alpha value is -1.88. The summed E-state index contributed by atoms with van der Waals surface area (Å²) >= 11 is 0. The van der Waals surface area contributed by atoms with Crippen molar-refractivity contribution in [2.75, 3.05) is 6.54 Å². The molecule has 0 aliphatic carbocycles. The van der Waals surface area contributed by atoms with Crippen LogP contribution in [0.4, 0.5) is 0 Å². The zero-order chi connectivity index (χ0) is 10.4. The van der Waals surface area contributed by atoms with Gasteiger partial charge < -0.3 is 5.32 Å². The first-order valence-corrected chi connectivity index (χ1v) is 4.05. The van der Waals surface area contributed by atoms with Crippen LogP contribution >= 0.6 is 0 Å². The Morgan fingerprint density at radius 1 is 1.36 bits per heavy atom. The van der Waals surface area contributed by atoms with Gasteiger partial charge in [0.25, 0.3) is 5.91 Å². The van der Waals surface area contributed by atoms with Gasteiger partial charge in [-0.3, -0.25) is 20.9 Å². The highest BCUT2D eigenvalue weighted by Crippen LogP contribution is 1.96. The van der Waals surface area contributed by atoms with Crippen molar-refractivity contribution in [3.05, 3.63) is 35.9 Å². The maximum absolute atomic E-state index is 11.3. The summed E-state index contributed by atoms with van der Waals surface area (Å²) in [4.78, 5) is 11.3. The topological polar surface area (TPSA) is 85.2 Å². The molecule has 0 spiro atoms. The number of hydrogen-bond donors (Lipinski definition) is 4. The van der Waals surface area contributed by atoms with Crippen LogP contribution in [0.1, 0.15) is 10.4 Å². The smallest absolute Gasteiger partial charge is 0.251 e. The Kier molecular flexibility index (Phi) is 3.63. The van der Waals surface area contributed by atoms with E-state index in [1.54, 1.807) is 29.7 Å². The maximum Gasteiger partial charge on any atom is 0.251 e. The lowest BCUT2D eigenvalue weighted by Crippen LogP contribution is -2.34. The lowest BCUT2D eigenvalue weighted by atomic mass is 10.2. The molecule has 1 amide bonds. The molecule has 1 aromatic carbocycles. The van der Waals surface area contributed by atoms with Crippen molar-refractivity contribution in [3.63, 3.8) is 0 Å². The molecule has 0 unspecified atom stereocenters. The quantitative estimate of drug-likeness (QED) is 0.318. The van der Waals surface area contributed by atoms with E-state index >= 15 is 0 Å². The Labute approximate surface area is 81.2 Å². The third-order valence-electron chi connectivity index (χ3n) is 1.60. The Morgan fingerprint density at radius 2 is 2.00 bits per heavy atom. The highest BCUT2D eigenvalue weighted by Gasteiger charge is 2.03. The number of amides is 1. The third kappa shape index (κ3) is 2.87. The van der Waals surface area contributed by atoms with Crippen LogP contribution in [0, 0.1) is 5.41 Å². The molecule has 1 aromatic rings. The first-order chi connectivity index (χ1) is 6.74. The van der Waals surface area contributed by atoms with E-state index in [0.717, 1.165) is 0 Å². The second kappa shape index (κ2) is 4.98. The van der Waals surface area contributed by atoms with Gasteiger partial charge in [0.15, 0.2) is 0 Å². The third-order valence-corrected chi connectivity index (χ3v) is 1.60. The van der Waals surface area contributed by atoms with E-state index in [1.165, 1.54) is 0 Å². The van der Waals surface area contributed by atoms with Gasteiger partial charge in [0.05, 0.1) is 6.54 Å². The minimum Gasteiger partial charge on any atom is -0.345 e. The first-order valence-electron chi connectivity index (χ1n) is 4.05. The Balaban J connectivity index is 2.48. The summed E-state index contributed by atoms with van der Waals surface area (Å²) in [6.45, 7) is -0.0236. The van der Waals surface area contributed by atoms with Crippen LogP contribution in [-0.4, -0.2) is 23.5 Å². The Bertz CT molecular complexity index is 324. The van der Waals surface area contributed by atoms with E-state index < -0.39 is 0 Å². The summed E-state index contributed by atoms with van der Waals surface area (Å²) in [5, 5.41) is 17.8. The Morgan fingerprint density at radius 3 is 2.57 bits per heavy atom. The van der Waals surface area contributed by atoms with Crippen LogP contribution in [0.25, 0.3) is 0 Å². The number of rotatable bonds is 3. The zero-order valence-electron chi connectivity index (χ0n) is 7.45. The average molecular weight is 193 g/mol. The molecule has 74 valence electrons. The van der Waals surface area contributed by atoms with E-state index in [1.807, 2.05) is 6.07 Å². The highest BCUT2D eigenvalue weighted by molar-refractivity contribution is 5.96. The molecule has 0 atom stereocenters. The number of carbonyl (C=O) groups is 1. The molecular formula is C9H11N3O2. The number of hydrogen-bond acceptors (Lipinski definition) is 3. The van der Waals surface area contributed by atoms with Gasteiger partial charge >= 0.3 is 0 Å². The molecule has 0 fully saturated rings. The van der Waals surface area contributed by atoms with E-state index in [4.69, 9.17) is 10.6 Å². The first kappa shape index (κ1) is 10.2. The van der Waals surface area contributed by atoms with Gasteiger partial charge in [-0.2, -0.15) is 0 Å². The van der Waals surface area contributed by atoms with Gasteiger partial charge in [0.2, 0.25) is 0 Å². The number of benzene rings is 1. The zero-order valence-corrected chi connectivity index (χ0v) is 7.45. The van der Waals surface area contributed by atoms with Crippen LogP contribution in [0.2, 0.25) is 0 Å². The molecule has 0 aliphatic heterocycles. The van der Waals surface area contributed by atoms with Gasteiger partial charge in [-0.05, 0) is 12.1 Å². The molecule has 1 rings (SSSR count). The summed E-state index contributed by atoms with van der Waals surface area (Å²) in [7, 11) is 0. The summed E-state index contributed by atoms with van der Waals surface area (Å²) in [5.74, 6) is -0.431. The monoisotopic (exact) mass is 193 g/mol. The van der Waals surface area contributed by atoms with Crippen molar-refractivity contribution in [1.29, 1.82) is 5.41 Å². The van der Waals surface area contributed by atoms with Crippen LogP contribution < -0.4 is 10.8 Å². The second-order valence-electron chi connectivity index (χ2n) is 2.64. The van der Waals surface area contributed by atoms with Crippen molar-refractivity contribution >= 4 is 11.7 Å². The SMILES string of the molecule is N=C(CNC(=O)c1ccccc1)NO. The lowest BCUT2D eigenvalue weighted by molar-refractivity contribution is 0.0958. The molecule has 4 N–H and O–H groups in total. The van der Waals surface area contributed by atoms with Gasteiger partial charge in [-0.1, -0.05) is 18.2 Å². The molecule has 0 heterocycles. The molecule has 0 saturated carbocycles. The van der Waals surface area contributed by atoms with E-state index in [2.05, 4.69) is 5.32 Å². The van der Waals surface area contributed by atoms with Gasteiger partial charge in [0.1, 0.15) is 5.84 Å². The normalized spacial score (nSPS) is 9.21. The van der Waals surface area contributed by atoms with Crippen molar-refractivity contribution in [3.8, 4) is 0 Å². The van der Waals surface area contributed by atoms with E-state index in [0.29, 0.717) is 5.56 Å². The molecule has 0 radical (unpaired) electrons. The van der Waals surface area contributed by atoms with E-state index in [-0.39, 0.29) is 18.3 Å². The lowest BCUT2D eigenvalue weighted by Gasteiger charge is -2.04. The molecule has 0 aromatic heterocycles. The average Bonchev–Trinajstić information content (AvgIpc) is 2.26. The second-order valence-corrected chi connectivity index (χ2v) is 2.64. The minimum absolute atomic E-state index is 0.0236. The molecule has 0 bridgehead atoms.